The third-order valence-electron chi connectivity index (χ3n) is 5.01. The summed E-state index contributed by atoms with van der Waals surface area (Å²) in [5.41, 5.74) is 2.01. The van der Waals surface area contributed by atoms with Gasteiger partial charge in [0.2, 0.25) is 5.91 Å². The van der Waals surface area contributed by atoms with E-state index in [-0.39, 0.29) is 11.8 Å². The number of hydrogen-bond donors (Lipinski definition) is 2. The quantitative estimate of drug-likeness (QED) is 0.690. The second-order valence-corrected chi connectivity index (χ2v) is 7.12. The molecule has 0 radical (unpaired) electrons. The van der Waals surface area contributed by atoms with Crippen molar-refractivity contribution >= 4 is 5.91 Å². The highest BCUT2D eigenvalue weighted by Crippen LogP contribution is 2.25. The van der Waals surface area contributed by atoms with E-state index in [9.17, 15) is 4.79 Å². The molecule has 2 N–H and O–H groups in total. The molecule has 1 aliphatic heterocycles. The molecule has 3 aromatic rings. The first-order valence-corrected chi connectivity index (χ1v) is 9.63. The van der Waals surface area contributed by atoms with Gasteiger partial charge in [0.15, 0.2) is 5.82 Å². The van der Waals surface area contributed by atoms with Crippen LogP contribution in [0.1, 0.15) is 30.1 Å². The van der Waals surface area contributed by atoms with Gasteiger partial charge in [0.25, 0.3) is 0 Å². The number of nitrogens with one attached hydrogen (secondary N) is 2. The van der Waals surface area contributed by atoms with Crippen LogP contribution in [-0.2, 0) is 11.3 Å². The van der Waals surface area contributed by atoms with Gasteiger partial charge in [-0.15, -0.1) is 0 Å². The number of pyridine rings is 1. The van der Waals surface area contributed by atoms with Crippen LogP contribution in [0.25, 0.3) is 11.4 Å². The molecule has 1 saturated heterocycles. The molecule has 7 nitrogen and oxygen atoms in total. The minimum absolute atomic E-state index is 0.0343. The van der Waals surface area contributed by atoms with Gasteiger partial charge < -0.3 is 5.32 Å². The summed E-state index contributed by atoms with van der Waals surface area (Å²) in [6, 6.07) is 13.8. The maximum absolute atomic E-state index is 12.3. The number of hydrogen-bond acceptors (Lipinski definition) is 5. The first-order chi connectivity index (χ1) is 13.8. The number of benzene rings is 1. The Balaban J connectivity index is 1.32. The lowest BCUT2D eigenvalue weighted by atomic mass is 9.97. The zero-order valence-corrected chi connectivity index (χ0v) is 15.7. The van der Waals surface area contributed by atoms with Gasteiger partial charge in [-0.2, -0.15) is 5.10 Å². The Bertz CT molecular complexity index is 896. The minimum Gasteiger partial charge on any atom is -0.351 e. The van der Waals surface area contributed by atoms with Crippen LogP contribution >= 0.6 is 0 Å². The lowest BCUT2D eigenvalue weighted by Crippen LogP contribution is -2.42. The highest BCUT2D eigenvalue weighted by Gasteiger charge is 2.25. The number of carbonyl (C=O) groups is 1. The summed E-state index contributed by atoms with van der Waals surface area (Å²) in [7, 11) is 0. The molecule has 2 aromatic heterocycles. The van der Waals surface area contributed by atoms with E-state index in [1.54, 1.807) is 12.4 Å². The second-order valence-electron chi connectivity index (χ2n) is 7.12. The van der Waals surface area contributed by atoms with Gasteiger partial charge in [-0.05, 0) is 31.0 Å². The van der Waals surface area contributed by atoms with E-state index in [2.05, 4.69) is 25.4 Å². The smallest absolute Gasteiger partial charge is 0.234 e. The van der Waals surface area contributed by atoms with E-state index in [0.717, 1.165) is 48.7 Å². The molecule has 28 heavy (non-hydrogen) atoms. The van der Waals surface area contributed by atoms with Gasteiger partial charge >= 0.3 is 0 Å². The molecule has 1 atom stereocenters. The maximum Gasteiger partial charge on any atom is 0.234 e. The van der Waals surface area contributed by atoms with Crippen molar-refractivity contribution in [3.63, 3.8) is 0 Å². The van der Waals surface area contributed by atoms with Crippen LogP contribution in [0.4, 0.5) is 0 Å². The predicted molar refractivity (Wildman–Crippen MR) is 106 cm³/mol. The normalized spacial score (nSPS) is 17.4. The van der Waals surface area contributed by atoms with Crippen LogP contribution in [0, 0.1) is 0 Å². The molecule has 3 heterocycles. The van der Waals surface area contributed by atoms with Gasteiger partial charge in [-0.25, -0.2) is 4.98 Å². The van der Waals surface area contributed by atoms with E-state index < -0.39 is 0 Å². The Hall–Kier alpha value is -3.06. The Kier molecular flexibility index (Phi) is 5.72. The molecule has 144 valence electrons. The third-order valence-corrected chi connectivity index (χ3v) is 5.01. The van der Waals surface area contributed by atoms with E-state index in [4.69, 9.17) is 4.98 Å². The zero-order chi connectivity index (χ0) is 19.2. The summed E-state index contributed by atoms with van der Waals surface area (Å²) in [6.45, 7) is 2.64. The van der Waals surface area contributed by atoms with Crippen LogP contribution in [0.3, 0.4) is 0 Å². The molecule has 4 rings (SSSR count). The van der Waals surface area contributed by atoms with Crippen LogP contribution < -0.4 is 5.32 Å². The summed E-state index contributed by atoms with van der Waals surface area (Å²) in [5, 5.41) is 10.4. The first kappa shape index (κ1) is 18.3. The predicted octanol–water partition coefficient (Wildman–Crippen LogP) is 2.36. The SMILES string of the molecule is O=C(CN1CCCC(c2nc(-c3ccccc3)n[nH]2)C1)NCc1cccnc1. The van der Waals surface area contributed by atoms with E-state index in [0.29, 0.717) is 13.1 Å². The van der Waals surface area contributed by atoms with Crippen molar-refractivity contribution < 1.29 is 4.79 Å². The Labute approximate surface area is 164 Å². The van der Waals surface area contributed by atoms with Crippen molar-refractivity contribution in [2.24, 2.45) is 0 Å². The largest absolute Gasteiger partial charge is 0.351 e. The zero-order valence-electron chi connectivity index (χ0n) is 15.7. The van der Waals surface area contributed by atoms with Crippen LogP contribution in [0.5, 0.6) is 0 Å². The fraction of sp³-hybridized carbons (Fsp3) is 0.333. The number of aromatic nitrogens is 4. The summed E-state index contributed by atoms with van der Waals surface area (Å²) < 4.78 is 0. The Morgan fingerprint density at radius 2 is 2.11 bits per heavy atom. The van der Waals surface area contributed by atoms with Crippen molar-refractivity contribution in [3.8, 4) is 11.4 Å². The molecule has 0 saturated carbocycles. The highest BCUT2D eigenvalue weighted by atomic mass is 16.2. The Morgan fingerprint density at radius 1 is 1.21 bits per heavy atom. The van der Waals surface area contributed by atoms with Gasteiger partial charge in [-0.3, -0.25) is 19.8 Å². The average molecular weight is 376 g/mol. The summed E-state index contributed by atoms with van der Waals surface area (Å²) in [4.78, 5) is 23.3. The molecule has 1 unspecified atom stereocenters. The molecule has 1 aromatic carbocycles. The van der Waals surface area contributed by atoms with Gasteiger partial charge in [0, 0.05) is 37.0 Å². The molecular weight excluding hydrogens is 352 g/mol. The molecule has 0 spiro atoms. The number of H-pyrrole nitrogens is 1. The fourth-order valence-electron chi connectivity index (χ4n) is 3.56. The number of aromatic amines is 1. The molecule has 7 heteroatoms. The second kappa shape index (κ2) is 8.75. The molecule has 1 aliphatic rings. The topological polar surface area (TPSA) is 86.8 Å². The van der Waals surface area contributed by atoms with Crippen molar-refractivity contribution in [2.75, 3.05) is 19.6 Å². The number of amides is 1. The molecular formula is C21H24N6O. The number of rotatable bonds is 6. The number of carbonyl (C=O) groups excluding carboxylic acids is 1. The van der Waals surface area contributed by atoms with Crippen LogP contribution in [-0.4, -0.2) is 50.6 Å². The first-order valence-electron chi connectivity index (χ1n) is 9.63. The monoisotopic (exact) mass is 376 g/mol. The van der Waals surface area contributed by atoms with Gasteiger partial charge in [-0.1, -0.05) is 36.4 Å². The lowest BCUT2D eigenvalue weighted by Gasteiger charge is -2.31. The van der Waals surface area contributed by atoms with Crippen molar-refractivity contribution in [2.45, 2.75) is 25.3 Å². The summed E-state index contributed by atoms with van der Waals surface area (Å²) >= 11 is 0. The number of likely N-dealkylation sites (tertiary alicyclic amines) is 1. The lowest BCUT2D eigenvalue weighted by molar-refractivity contribution is -0.122. The number of piperidine rings is 1. The molecule has 0 bridgehead atoms. The summed E-state index contributed by atoms with van der Waals surface area (Å²) in [6.07, 6.45) is 5.59. The van der Waals surface area contributed by atoms with Crippen molar-refractivity contribution in [1.29, 1.82) is 0 Å². The third kappa shape index (κ3) is 4.61. The number of nitrogens with zero attached hydrogens (tertiary/aromatic N) is 4. The molecule has 1 amide bonds. The fourth-order valence-corrected chi connectivity index (χ4v) is 3.56. The minimum atomic E-state index is 0.0343. The maximum atomic E-state index is 12.3. The average Bonchev–Trinajstić information content (AvgIpc) is 3.24. The summed E-state index contributed by atoms with van der Waals surface area (Å²) in [5.74, 6) is 1.93. The molecule has 0 aliphatic carbocycles. The van der Waals surface area contributed by atoms with Crippen molar-refractivity contribution in [1.82, 2.24) is 30.4 Å². The van der Waals surface area contributed by atoms with Crippen LogP contribution in [0.15, 0.2) is 54.9 Å². The van der Waals surface area contributed by atoms with Gasteiger partial charge in [0.1, 0.15) is 5.82 Å². The standard InChI is InChI=1S/C21H24N6O/c28-19(23-13-16-6-4-10-22-12-16)15-27-11-5-9-18(14-27)21-24-20(25-26-21)17-7-2-1-3-8-17/h1-4,6-8,10,12,18H,5,9,11,13-15H2,(H,23,28)(H,24,25,26). The van der Waals surface area contributed by atoms with E-state index in [1.807, 2.05) is 42.5 Å². The van der Waals surface area contributed by atoms with Crippen LogP contribution in [0.2, 0.25) is 0 Å². The van der Waals surface area contributed by atoms with Crippen molar-refractivity contribution in [3.05, 3.63) is 66.2 Å². The molecule has 1 fully saturated rings. The highest BCUT2D eigenvalue weighted by molar-refractivity contribution is 5.78. The van der Waals surface area contributed by atoms with Gasteiger partial charge in [0.05, 0.1) is 6.54 Å². The Morgan fingerprint density at radius 3 is 2.93 bits per heavy atom. The van der Waals surface area contributed by atoms with E-state index >= 15 is 0 Å². The van der Waals surface area contributed by atoms with E-state index in [1.165, 1.54) is 0 Å².